The molecule has 0 saturated carbocycles. The van der Waals surface area contributed by atoms with Gasteiger partial charge in [-0.1, -0.05) is 11.6 Å². The molecular formula is C10H10ClNO4S. The van der Waals surface area contributed by atoms with Crippen LogP contribution in [0.2, 0.25) is 5.02 Å². The van der Waals surface area contributed by atoms with Crippen LogP contribution in [0.25, 0.3) is 0 Å². The highest BCUT2D eigenvalue weighted by atomic mass is 35.5. The minimum Gasteiger partial charge on any atom is -0.480 e. The highest BCUT2D eigenvalue weighted by Gasteiger charge is 2.35. The van der Waals surface area contributed by atoms with E-state index in [0.717, 1.165) is 0 Å². The number of anilines is 1. The number of carboxylic acid groups (broad SMARTS) is 1. The molecule has 5 nitrogen and oxygen atoms in total. The Kier molecular flexibility index (Phi) is 2.79. The first-order valence-electron chi connectivity index (χ1n) is 4.83. The summed E-state index contributed by atoms with van der Waals surface area (Å²) in [7, 11) is -3.61. The number of aliphatic carboxylic acids is 1. The van der Waals surface area contributed by atoms with E-state index in [9.17, 15) is 13.2 Å². The molecule has 1 heterocycles. The van der Waals surface area contributed by atoms with Crippen molar-refractivity contribution in [2.45, 2.75) is 17.9 Å². The molecule has 1 aliphatic rings. The molecule has 0 saturated heterocycles. The third kappa shape index (κ3) is 2.10. The summed E-state index contributed by atoms with van der Waals surface area (Å²) in [6.07, 6.45) is 0. The molecule has 0 amide bonds. The number of halogens is 1. The number of hydrogen-bond donors (Lipinski definition) is 2. The van der Waals surface area contributed by atoms with E-state index in [4.69, 9.17) is 16.7 Å². The average molecular weight is 276 g/mol. The molecule has 1 aromatic carbocycles. The maximum absolute atomic E-state index is 11.9. The molecule has 0 radical (unpaired) electrons. The maximum atomic E-state index is 11.9. The Labute approximate surface area is 103 Å². The minimum atomic E-state index is -3.61. The SMILES string of the molecule is Cc1cc(Cl)c2c(c1)S(=O)(=O)CC(C(=O)O)N2. The van der Waals surface area contributed by atoms with Gasteiger partial charge in [-0.25, -0.2) is 13.2 Å². The smallest absolute Gasteiger partial charge is 0.327 e. The fourth-order valence-electron chi connectivity index (χ4n) is 1.75. The van der Waals surface area contributed by atoms with Gasteiger partial charge in [-0.3, -0.25) is 0 Å². The van der Waals surface area contributed by atoms with Gasteiger partial charge in [-0.15, -0.1) is 0 Å². The summed E-state index contributed by atoms with van der Waals surface area (Å²) in [6, 6.07) is 1.92. The van der Waals surface area contributed by atoms with E-state index >= 15 is 0 Å². The number of carboxylic acids is 1. The molecule has 1 unspecified atom stereocenters. The van der Waals surface area contributed by atoms with Crippen LogP contribution >= 0.6 is 11.6 Å². The van der Waals surface area contributed by atoms with Gasteiger partial charge in [0.15, 0.2) is 9.84 Å². The summed E-state index contributed by atoms with van der Waals surface area (Å²) in [4.78, 5) is 10.9. The lowest BCUT2D eigenvalue weighted by Gasteiger charge is -2.25. The van der Waals surface area contributed by atoms with Gasteiger partial charge in [0.05, 0.1) is 21.4 Å². The lowest BCUT2D eigenvalue weighted by molar-refractivity contribution is -0.137. The first-order chi connectivity index (χ1) is 7.81. The van der Waals surface area contributed by atoms with Crippen LogP contribution in [0, 0.1) is 6.92 Å². The Morgan fingerprint density at radius 1 is 1.53 bits per heavy atom. The van der Waals surface area contributed by atoms with Crippen molar-refractivity contribution < 1.29 is 18.3 Å². The molecule has 92 valence electrons. The Balaban J connectivity index is 2.65. The van der Waals surface area contributed by atoms with Crippen molar-refractivity contribution in [1.82, 2.24) is 0 Å². The molecule has 1 aliphatic heterocycles. The number of sulfone groups is 1. The molecule has 17 heavy (non-hydrogen) atoms. The van der Waals surface area contributed by atoms with E-state index in [1.165, 1.54) is 6.07 Å². The number of aryl methyl sites for hydroxylation is 1. The van der Waals surface area contributed by atoms with Crippen LogP contribution < -0.4 is 5.32 Å². The van der Waals surface area contributed by atoms with E-state index in [-0.39, 0.29) is 15.6 Å². The molecule has 2 rings (SSSR count). The lowest BCUT2D eigenvalue weighted by atomic mass is 10.2. The molecule has 0 spiro atoms. The summed E-state index contributed by atoms with van der Waals surface area (Å²) in [5.41, 5.74) is 0.892. The van der Waals surface area contributed by atoms with Crippen molar-refractivity contribution in [3.63, 3.8) is 0 Å². The van der Waals surface area contributed by atoms with E-state index in [1.54, 1.807) is 13.0 Å². The Morgan fingerprint density at radius 3 is 2.76 bits per heavy atom. The Hall–Kier alpha value is -1.27. The van der Waals surface area contributed by atoms with Crippen LogP contribution in [0.1, 0.15) is 5.56 Å². The molecule has 0 fully saturated rings. The lowest BCUT2D eigenvalue weighted by Crippen LogP contribution is -2.40. The number of carbonyl (C=O) groups is 1. The van der Waals surface area contributed by atoms with Crippen molar-refractivity contribution in [1.29, 1.82) is 0 Å². The topological polar surface area (TPSA) is 83.5 Å². The number of rotatable bonds is 1. The van der Waals surface area contributed by atoms with Crippen molar-refractivity contribution in [3.8, 4) is 0 Å². The predicted molar refractivity (Wildman–Crippen MR) is 63.3 cm³/mol. The first-order valence-corrected chi connectivity index (χ1v) is 6.86. The predicted octanol–water partition coefficient (Wildman–Crippen LogP) is 1.30. The van der Waals surface area contributed by atoms with Gasteiger partial charge in [-0.2, -0.15) is 0 Å². The van der Waals surface area contributed by atoms with Crippen LogP contribution in [0.15, 0.2) is 17.0 Å². The van der Waals surface area contributed by atoms with E-state index in [0.29, 0.717) is 5.56 Å². The highest BCUT2D eigenvalue weighted by Crippen LogP contribution is 2.35. The van der Waals surface area contributed by atoms with Crippen LogP contribution in [0.4, 0.5) is 5.69 Å². The molecule has 2 N–H and O–H groups in total. The van der Waals surface area contributed by atoms with Gasteiger partial charge >= 0.3 is 5.97 Å². The third-order valence-electron chi connectivity index (χ3n) is 2.54. The third-order valence-corrected chi connectivity index (χ3v) is 4.60. The van der Waals surface area contributed by atoms with Crippen LogP contribution in [0.5, 0.6) is 0 Å². The van der Waals surface area contributed by atoms with Gasteiger partial charge in [0, 0.05) is 0 Å². The summed E-state index contributed by atoms with van der Waals surface area (Å²) in [5.74, 6) is -1.68. The monoisotopic (exact) mass is 275 g/mol. The molecule has 0 bridgehead atoms. The summed E-state index contributed by atoms with van der Waals surface area (Å²) < 4.78 is 23.9. The largest absolute Gasteiger partial charge is 0.480 e. The number of benzene rings is 1. The number of fused-ring (bicyclic) bond motifs is 1. The molecule has 0 aliphatic carbocycles. The van der Waals surface area contributed by atoms with Gasteiger partial charge in [0.25, 0.3) is 0 Å². The van der Waals surface area contributed by atoms with Gasteiger partial charge in [0.1, 0.15) is 6.04 Å². The zero-order chi connectivity index (χ0) is 12.8. The van der Waals surface area contributed by atoms with E-state index in [2.05, 4.69) is 5.32 Å². The number of hydrogen-bond acceptors (Lipinski definition) is 4. The summed E-state index contributed by atoms with van der Waals surface area (Å²) in [5, 5.41) is 11.7. The molecule has 7 heteroatoms. The van der Waals surface area contributed by atoms with E-state index < -0.39 is 27.6 Å². The van der Waals surface area contributed by atoms with Crippen LogP contribution in [-0.4, -0.2) is 31.3 Å². The second-order valence-electron chi connectivity index (χ2n) is 3.94. The van der Waals surface area contributed by atoms with Crippen molar-refractivity contribution in [2.24, 2.45) is 0 Å². The number of nitrogens with one attached hydrogen (secondary N) is 1. The summed E-state index contributed by atoms with van der Waals surface area (Å²) >= 11 is 5.92. The van der Waals surface area contributed by atoms with Crippen LogP contribution in [-0.2, 0) is 14.6 Å². The van der Waals surface area contributed by atoms with Gasteiger partial charge in [0.2, 0.25) is 0 Å². The standard InChI is InChI=1S/C10H10ClNO4S/c1-5-2-6(11)9-8(3-5)17(15,16)4-7(12-9)10(13)14/h2-3,7,12H,4H2,1H3,(H,13,14). The zero-order valence-electron chi connectivity index (χ0n) is 8.90. The normalized spacial score (nSPS) is 21.4. The zero-order valence-corrected chi connectivity index (χ0v) is 10.5. The van der Waals surface area contributed by atoms with Gasteiger partial charge < -0.3 is 10.4 Å². The van der Waals surface area contributed by atoms with Crippen molar-refractivity contribution in [3.05, 3.63) is 22.7 Å². The summed E-state index contributed by atoms with van der Waals surface area (Å²) in [6.45, 7) is 1.73. The van der Waals surface area contributed by atoms with Gasteiger partial charge in [-0.05, 0) is 24.6 Å². The molecular weight excluding hydrogens is 266 g/mol. The molecule has 1 aromatic rings. The second-order valence-corrected chi connectivity index (χ2v) is 6.35. The van der Waals surface area contributed by atoms with Crippen molar-refractivity contribution >= 4 is 33.1 Å². The Morgan fingerprint density at radius 2 is 2.18 bits per heavy atom. The maximum Gasteiger partial charge on any atom is 0.327 e. The quantitative estimate of drug-likeness (QED) is 0.807. The fourth-order valence-corrected chi connectivity index (χ4v) is 3.83. The van der Waals surface area contributed by atoms with Crippen molar-refractivity contribution in [2.75, 3.05) is 11.1 Å². The molecule has 0 aromatic heterocycles. The van der Waals surface area contributed by atoms with Crippen LogP contribution in [0.3, 0.4) is 0 Å². The molecule has 1 atom stereocenters. The second kappa shape index (κ2) is 3.89. The highest BCUT2D eigenvalue weighted by molar-refractivity contribution is 7.91. The first kappa shape index (κ1) is 12.2. The Bertz CT molecular complexity index is 597. The average Bonchev–Trinajstić information content (AvgIpc) is 2.18. The minimum absolute atomic E-state index is 0.0694. The van der Waals surface area contributed by atoms with E-state index in [1.807, 2.05) is 0 Å². The fraction of sp³-hybridized carbons (Fsp3) is 0.300.